The summed E-state index contributed by atoms with van der Waals surface area (Å²) in [6, 6.07) is 15.9. The molecule has 1 fully saturated rings. The Morgan fingerprint density at radius 3 is 2.55 bits per heavy atom. The van der Waals surface area contributed by atoms with Gasteiger partial charge >= 0.3 is 5.69 Å². The van der Waals surface area contributed by atoms with E-state index in [9.17, 15) is 9.59 Å². The first-order valence-electron chi connectivity index (χ1n) is 10.3. The quantitative estimate of drug-likeness (QED) is 0.678. The number of fused-ring (bicyclic) bond motifs is 1. The molecule has 3 aromatic rings. The number of H-pyrrole nitrogens is 1. The van der Waals surface area contributed by atoms with Crippen molar-refractivity contribution in [1.29, 1.82) is 0 Å². The van der Waals surface area contributed by atoms with Gasteiger partial charge in [0.2, 0.25) is 5.91 Å². The van der Waals surface area contributed by atoms with Gasteiger partial charge in [0.05, 0.1) is 23.0 Å². The molecule has 1 aliphatic heterocycles. The van der Waals surface area contributed by atoms with E-state index in [1.165, 1.54) is 12.8 Å². The number of hydrogen-bond acceptors (Lipinski definition) is 3. The maximum Gasteiger partial charge on any atom is 0.326 e. The van der Waals surface area contributed by atoms with Gasteiger partial charge in [-0.15, -0.1) is 0 Å². The van der Waals surface area contributed by atoms with Crippen molar-refractivity contribution in [2.45, 2.75) is 31.7 Å². The van der Waals surface area contributed by atoms with Crippen LogP contribution in [0.25, 0.3) is 11.0 Å². The standard InChI is InChI=1S/C23H28N4O2/c1-16(18-10-11-21-19(14-18)25-23(29)26(21)2)22(28)24-20(15-27-12-6-7-13-27)17-8-4-3-5-9-17/h3-5,8-11,14,16,20H,6-7,12-13,15H2,1-2H3,(H,24,28)(H,25,29)/t16?,20-/m1/s1. The lowest BCUT2D eigenvalue weighted by atomic mass is 9.98. The number of aromatic amines is 1. The van der Waals surface area contributed by atoms with Crippen LogP contribution in [0.2, 0.25) is 0 Å². The summed E-state index contributed by atoms with van der Waals surface area (Å²) in [6.07, 6.45) is 2.45. The van der Waals surface area contributed by atoms with E-state index in [2.05, 4.69) is 27.3 Å². The molecule has 29 heavy (non-hydrogen) atoms. The van der Waals surface area contributed by atoms with Gasteiger partial charge in [-0.3, -0.25) is 9.36 Å². The summed E-state index contributed by atoms with van der Waals surface area (Å²) >= 11 is 0. The van der Waals surface area contributed by atoms with Crippen molar-refractivity contribution in [1.82, 2.24) is 19.8 Å². The summed E-state index contributed by atoms with van der Waals surface area (Å²) in [5.74, 6) is -0.316. The summed E-state index contributed by atoms with van der Waals surface area (Å²) in [4.78, 5) is 30.2. The number of hydrogen-bond donors (Lipinski definition) is 2. The van der Waals surface area contributed by atoms with Gasteiger partial charge in [-0.1, -0.05) is 36.4 Å². The van der Waals surface area contributed by atoms with Crippen molar-refractivity contribution in [2.24, 2.45) is 7.05 Å². The third-order valence-electron chi connectivity index (χ3n) is 5.98. The predicted octanol–water partition coefficient (Wildman–Crippen LogP) is 2.92. The molecule has 2 heterocycles. The maximum atomic E-state index is 13.1. The van der Waals surface area contributed by atoms with Crippen LogP contribution in [0.15, 0.2) is 53.3 Å². The Morgan fingerprint density at radius 2 is 1.83 bits per heavy atom. The fraction of sp³-hybridized carbons (Fsp3) is 0.391. The maximum absolute atomic E-state index is 13.1. The van der Waals surface area contributed by atoms with Gasteiger partial charge in [0.1, 0.15) is 0 Å². The average molecular weight is 393 g/mol. The van der Waals surface area contributed by atoms with E-state index in [1.807, 2.05) is 43.3 Å². The molecule has 1 aromatic heterocycles. The highest BCUT2D eigenvalue weighted by atomic mass is 16.2. The molecule has 2 aromatic carbocycles. The van der Waals surface area contributed by atoms with Gasteiger partial charge < -0.3 is 15.2 Å². The number of likely N-dealkylation sites (tertiary alicyclic amines) is 1. The number of aromatic nitrogens is 2. The number of amides is 1. The summed E-state index contributed by atoms with van der Waals surface area (Å²) in [7, 11) is 1.74. The number of aryl methyl sites for hydroxylation is 1. The monoisotopic (exact) mass is 392 g/mol. The predicted molar refractivity (Wildman–Crippen MR) is 115 cm³/mol. The van der Waals surface area contributed by atoms with Crippen LogP contribution in [0.4, 0.5) is 0 Å². The Kier molecular flexibility index (Phi) is 5.53. The first kappa shape index (κ1) is 19.5. The Hall–Kier alpha value is -2.86. The molecule has 1 aliphatic rings. The number of imidazole rings is 1. The minimum atomic E-state index is -0.312. The number of nitrogens with one attached hydrogen (secondary N) is 2. The van der Waals surface area contributed by atoms with E-state index >= 15 is 0 Å². The first-order chi connectivity index (χ1) is 14.0. The van der Waals surface area contributed by atoms with Crippen LogP contribution in [0.3, 0.4) is 0 Å². The van der Waals surface area contributed by atoms with E-state index in [1.54, 1.807) is 11.6 Å². The molecular formula is C23H28N4O2. The lowest BCUT2D eigenvalue weighted by molar-refractivity contribution is -0.123. The largest absolute Gasteiger partial charge is 0.347 e. The van der Waals surface area contributed by atoms with Crippen LogP contribution < -0.4 is 11.0 Å². The number of carbonyl (C=O) groups is 1. The molecule has 0 radical (unpaired) electrons. The Labute approximate surface area is 170 Å². The molecule has 152 valence electrons. The lowest BCUT2D eigenvalue weighted by Crippen LogP contribution is -2.38. The van der Waals surface area contributed by atoms with E-state index in [0.29, 0.717) is 0 Å². The molecule has 1 unspecified atom stereocenters. The molecular weight excluding hydrogens is 364 g/mol. The zero-order chi connectivity index (χ0) is 20.4. The van der Waals surface area contributed by atoms with Crippen molar-refractivity contribution >= 4 is 16.9 Å². The van der Waals surface area contributed by atoms with Crippen LogP contribution in [0, 0.1) is 0 Å². The fourth-order valence-electron chi connectivity index (χ4n) is 4.12. The van der Waals surface area contributed by atoms with Crippen LogP contribution in [0.5, 0.6) is 0 Å². The molecule has 0 bridgehead atoms. The zero-order valence-electron chi connectivity index (χ0n) is 17.0. The Bertz CT molecular complexity index is 1050. The Balaban J connectivity index is 1.53. The second-order valence-electron chi connectivity index (χ2n) is 7.97. The molecule has 6 heteroatoms. The van der Waals surface area contributed by atoms with E-state index in [-0.39, 0.29) is 23.6 Å². The fourth-order valence-corrected chi connectivity index (χ4v) is 4.12. The van der Waals surface area contributed by atoms with Gasteiger partial charge in [-0.2, -0.15) is 0 Å². The van der Waals surface area contributed by atoms with Gasteiger partial charge in [0, 0.05) is 13.6 Å². The molecule has 2 atom stereocenters. The number of nitrogens with zero attached hydrogens (tertiary/aromatic N) is 2. The van der Waals surface area contributed by atoms with Crippen molar-refractivity contribution in [2.75, 3.05) is 19.6 Å². The van der Waals surface area contributed by atoms with Crippen molar-refractivity contribution in [3.63, 3.8) is 0 Å². The van der Waals surface area contributed by atoms with E-state index in [0.717, 1.165) is 41.8 Å². The highest BCUT2D eigenvalue weighted by Gasteiger charge is 2.24. The zero-order valence-corrected chi connectivity index (χ0v) is 17.0. The Morgan fingerprint density at radius 1 is 1.10 bits per heavy atom. The van der Waals surface area contributed by atoms with Gasteiger partial charge in [0.15, 0.2) is 0 Å². The van der Waals surface area contributed by atoms with Gasteiger partial charge in [-0.25, -0.2) is 4.79 Å². The van der Waals surface area contributed by atoms with E-state index < -0.39 is 0 Å². The molecule has 1 amide bonds. The lowest BCUT2D eigenvalue weighted by Gasteiger charge is -2.26. The summed E-state index contributed by atoms with van der Waals surface area (Å²) in [5, 5.41) is 3.27. The number of rotatable bonds is 6. The number of benzene rings is 2. The first-order valence-corrected chi connectivity index (χ1v) is 10.3. The smallest absolute Gasteiger partial charge is 0.326 e. The van der Waals surface area contributed by atoms with Crippen LogP contribution in [-0.4, -0.2) is 40.0 Å². The molecule has 0 saturated carbocycles. The summed E-state index contributed by atoms with van der Waals surface area (Å²) < 4.78 is 1.57. The second-order valence-corrected chi connectivity index (χ2v) is 7.97. The molecule has 2 N–H and O–H groups in total. The van der Waals surface area contributed by atoms with Crippen LogP contribution in [0.1, 0.15) is 42.9 Å². The second kappa shape index (κ2) is 8.25. The third-order valence-corrected chi connectivity index (χ3v) is 5.98. The molecule has 6 nitrogen and oxygen atoms in total. The minimum absolute atomic E-state index is 0.00400. The summed E-state index contributed by atoms with van der Waals surface area (Å²) in [5.41, 5.74) is 3.46. The molecule has 0 aliphatic carbocycles. The third kappa shape index (κ3) is 4.12. The van der Waals surface area contributed by atoms with E-state index in [4.69, 9.17) is 0 Å². The van der Waals surface area contributed by atoms with Crippen molar-refractivity contribution in [3.05, 3.63) is 70.1 Å². The van der Waals surface area contributed by atoms with Gasteiger partial charge in [-0.05, 0) is 56.1 Å². The molecule has 0 spiro atoms. The highest BCUT2D eigenvalue weighted by molar-refractivity contribution is 5.85. The topological polar surface area (TPSA) is 70.1 Å². The molecule has 1 saturated heterocycles. The van der Waals surface area contributed by atoms with Crippen molar-refractivity contribution in [3.8, 4) is 0 Å². The average Bonchev–Trinajstić information content (AvgIpc) is 3.35. The minimum Gasteiger partial charge on any atom is -0.347 e. The normalized spacial score (nSPS) is 16.8. The summed E-state index contributed by atoms with van der Waals surface area (Å²) in [6.45, 7) is 4.92. The van der Waals surface area contributed by atoms with Gasteiger partial charge in [0.25, 0.3) is 0 Å². The van der Waals surface area contributed by atoms with Crippen LogP contribution >= 0.6 is 0 Å². The van der Waals surface area contributed by atoms with Crippen LogP contribution in [-0.2, 0) is 11.8 Å². The number of carbonyl (C=O) groups excluding carboxylic acids is 1. The SMILES string of the molecule is CC(C(=O)N[C@H](CN1CCCC1)c1ccccc1)c1ccc2c(c1)[nH]c(=O)n2C. The van der Waals surface area contributed by atoms with Crippen molar-refractivity contribution < 1.29 is 4.79 Å². The highest BCUT2D eigenvalue weighted by Crippen LogP contribution is 2.23. The molecule has 4 rings (SSSR count).